The number of ether oxygens (including phenoxy) is 1. The zero-order chi connectivity index (χ0) is 16.5. The molecule has 0 amide bonds. The summed E-state index contributed by atoms with van der Waals surface area (Å²) in [6.07, 6.45) is 8.69. The number of hydrogen-bond acceptors (Lipinski definition) is 5. The number of pyridine rings is 2. The van der Waals surface area contributed by atoms with Crippen molar-refractivity contribution in [3.8, 4) is 0 Å². The molecule has 0 aromatic carbocycles. The molecular weight excluding hydrogens is 300 g/mol. The summed E-state index contributed by atoms with van der Waals surface area (Å²) in [4.78, 5) is 13.3. The molecular formula is C19H26N4O. The van der Waals surface area contributed by atoms with Crippen LogP contribution in [0.1, 0.15) is 17.5 Å². The second kappa shape index (κ2) is 9.47. The van der Waals surface area contributed by atoms with Gasteiger partial charge in [-0.3, -0.25) is 19.8 Å². The van der Waals surface area contributed by atoms with Crippen molar-refractivity contribution in [3.05, 3.63) is 60.2 Å². The molecule has 0 atom stereocenters. The lowest BCUT2D eigenvalue weighted by Crippen LogP contribution is -2.38. The van der Waals surface area contributed by atoms with Crippen molar-refractivity contribution in [1.82, 2.24) is 19.8 Å². The van der Waals surface area contributed by atoms with Crippen LogP contribution in [-0.2, 0) is 17.8 Å². The number of aromatic nitrogens is 2. The molecule has 0 N–H and O–H groups in total. The zero-order valence-electron chi connectivity index (χ0n) is 14.2. The monoisotopic (exact) mass is 326 g/mol. The molecule has 2 aromatic rings. The molecule has 3 rings (SSSR count). The van der Waals surface area contributed by atoms with E-state index in [9.17, 15) is 0 Å². The highest BCUT2D eigenvalue weighted by atomic mass is 16.5. The van der Waals surface area contributed by atoms with Gasteiger partial charge in [-0.2, -0.15) is 0 Å². The van der Waals surface area contributed by atoms with Gasteiger partial charge in [-0.15, -0.1) is 0 Å². The predicted molar refractivity (Wildman–Crippen MR) is 94.5 cm³/mol. The number of morpholine rings is 1. The van der Waals surface area contributed by atoms with E-state index >= 15 is 0 Å². The van der Waals surface area contributed by atoms with Crippen LogP contribution in [0.3, 0.4) is 0 Å². The molecule has 24 heavy (non-hydrogen) atoms. The van der Waals surface area contributed by atoms with Crippen LogP contribution in [-0.4, -0.2) is 59.2 Å². The first kappa shape index (κ1) is 17.0. The standard InChI is InChI=1S/C19H26N4O/c1-3-19(15-21-6-1)17-23(16-18-4-7-20-8-5-18)10-2-9-22-11-13-24-14-12-22/h1,3-8,15H,2,9-14,16-17H2. The fourth-order valence-electron chi connectivity index (χ4n) is 3.05. The first-order valence-corrected chi connectivity index (χ1v) is 8.70. The van der Waals surface area contributed by atoms with Crippen molar-refractivity contribution in [2.75, 3.05) is 39.4 Å². The molecule has 3 heterocycles. The van der Waals surface area contributed by atoms with Gasteiger partial charge < -0.3 is 4.74 Å². The molecule has 1 saturated heterocycles. The van der Waals surface area contributed by atoms with E-state index in [2.05, 4.69) is 38.0 Å². The topological polar surface area (TPSA) is 41.5 Å². The van der Waals surface area contributed by atoms with Gasteiger partial charge in [0.15, 0.2) is 0 Å². The number of rotatable bonds is 8. The summed E-state index contributed by atoms with van der Waals surface area (Å²) in [6, 6.07) is 8.35. The maximum Gasteiger partial charge on any atom is 0.0594 e. The van der Waals surface area contributed by atoms with Crippen molar-refractivity contribution < 1.29 is 4.74 Å². The minimum atomic E-state index is 0.871. The fraction of sp³-hybridized carbons (Fsp3) is 0.474. The van der Waals surface area contributed by atoms with E-state index < -0.39 is 0 Å². The van der Waals surface area contributed by atoms with E-state index in [1.165, 1.54) is 17.5 Å². The Morgan fingerprint density at radius 3 is 2.50 bits per heavy atom. The maximum atomic E-state index is 5.42. The molecule has 0 radical (unpaired) electrons. The van der Waals surface area contributed by atoms with E-state index in [-0.39, 0.29) is 0 Å². The van der Waals surface area contributed by atoms with Crippen LogP contribution < -0.4 is 0 Å². The average Bonchev–Trinajstić information content (AvgIpc) is 2.64. The quantitative estimate of drug-likeness (QED) is 0.744. The summed E-state index contributed by atoms with van der Waals surface area (Å²) >= 11 is 0. The third-order valence-electron chi connectivity index (χ3n) is 4.34. The Labute approximate surface area is 144 Å². The molecule has 0 spiro atoms. The molecule has 1 aliphatic heterocycles. The Balaban J connectivity index is 1.54. The van der Waals surface area contributed by atoms with Crippen LogP contribution in [0, 0.1) is 0 Å². The van der Waals surface area contributed by atoms with Gasteiger partial charge in [0.25, 0.3) is 0 Å². The van der Waals surface area contributed by atoms with Gasteiger partial charge in [0.1, 0.15) is 0 Å². The lowest BCUT2D eigenvalue weighted by molar-refractivity contribution is 0.0359. The minimum Gasteiger partial charge on any atom is -0.379 e. The lowest BCUT2D eigenvalue weighted by Gasteiger charge is -2.28. The van der Waals surface area contributed by atoms with Gasteiger partial charge in [-0.25, -0.2) is 0 Å². The van der Waals surface area contributed by atoms with E-state index in [0.717, 1.165) is 52.5 Å². The Morgan fingerprint density at radius 1 is 0.958 bits per heavy atom. The highest BCUT2D eigenvalue weighted by molar-refractivity contribution is 5.11. The predicted octanol–water partition coefficient (Wildman–Crippen LogP) is 2.20. The molecule has 1 aliphatic rings. The van der Waals surface area contributed by atoms with Crippen molar-refractivity contribution in [3.63, 3.8) is 0 Å². The van der Waals surface area contributed by atoms with Crippen LogP contribution >= 0.6 is 0 Å². The van der Waals surface area contributed by atoms with E-state index in [1.807, 2.05) is 30.9 Å². The first-order chi connectivity index (χ1) is 11.9. The molecule has 0 unspecified atom stereocenters. The smallest absolute Gasteiger partial charge is 0.0594 e. The minimum absolute atomic E-state index is 0.871. The summed E-state index contributed by atoms with van der Waals surface area (Å²) in [5, 5.41) is 0. The van der Waals surface area contributed by atoms with Gasteiger partial charge >= 0.3 is 0 Å². The van der Waals surface area contributed by atoms with Crippen LogP contribution in [0.25, 0.3) is 0 Å². The second-order valence-electron chi connectivity index (χ2n) is 6.23. The molecule has 0 saturated carbocycles. The second-order valence-corrected chi connectivity index (χ2v) is 6.23. The van der Waals surface area contributed by atoms with E-state index in [4.69, 9.17) is 4.74 Å². The first-order valence-electron chi connectivity index (χ1n) is 8.70. The Morgan fingerprint density at radius 2 is 1.75 bits per heavy atom. The molecule has 0 bridgehead atoms. The Bertz CT molecular complexity index is 531. The Kier molecular flexibility index (Phi) is 6.71. The fourth-order valence-corrected chi connectivity index (χ4v) is 3.05. The highest BCUT2D eigenvalue weighted by Crippen LogP contribution is 2.10. The van der Waals surface area contributed by atoms with Gasteiger partial charge in [0.2, 0.25) is 0 Å². The molecule has 2 aromatic heterocycles. The average molecular weight is 326 g/mol. The van der Waals surface area contributed by atoms with Gasteiger partial charge in [0.05, 0.1) is 13.2 Å². The van der Waals surface area contributed by atoms with Crippen LogP contribution in [0.2, 0.25) is 0 Å². The Hall–Kier alpha value is -1.82. The van der Waals surface area contributed by atoms with E-state index in [0.29, 0.717) is 0 Å². The SMILES string of the molecule is c1cncc(CN(CCCN2CCOCC2)Cc2ccncc2)c1. The third-order valence-corrected chi connectivity index (χ3v) is 4.34. The summed E-state index contributed by atoms with van der Waals surface area (Å²) in [7, 11) is 0. The summed E-state index contributed by atoms with van der Waals surface area (Å²) < 4.78 is 5.42. The van der Waals surface area contributed by atoms with Crippen molar-refractivity contribution in [2.24, 2.45) is 0 Å². The molecule has 1 fully saturated rings. The molecule has 5 nitrogen and oxygen atoms in total. The van der Waals surface area contributed by atoms with Crippen molar-refractivity contribution in [1.29, 1.82) is 0 Å². The lowest BCUT2D eigenvalue weighted by atomic mass is 10.2. The molecule has 0 aliphatic carbocycles. The van der Waals surface area contributed by atoms with Crippen LogP contribution in [0.5, 0.6) is 0 Å². The third kappa shape index (κ3) is 5.67. The largest absolute Gasteiger partial charge is 0.379 e. The summed E-state index contributed by atoms with van der Waals surface area (Å²) in [5.41, 5.74) is 2.57. The molecule has 128 valence electrons. The zero-order valence-corrected chi connectivity index (χ0v) is 14.2. The summed E-state index contributed by atoms with van der Waals surface area (Å²) in [6.45, 7) is 7.96. The highest BCUT2D eigenvalue weighted by Gasteiger charge is 2.12. The molecule has 5 heteroatoms. The maximum absolute atomic E-state index is 5.42. The number of hydrogen-bond donors (Lipinski definition) is 0. The van der Waals surface area contributed by atoms with Crippen LogP contribution in [0.4, 0.5) is 0 Å². The van der Waals surface area contributed by atoms with E-state index in [1.54, 1.807) is 0 Å². The normalized spacial score (nSPS) is 15.7. The van der Waals surface area contributed by atoms with Crippen molar-refractivity contribution in [2.45, 2.75) is 19.5 Å². The van der Waals surface area contributed by atoms with Crippen molar-refractivity contribution >= 4 is 0 Å². The van der Waals surface area contributed by atoms with Gasteiger partial charge in [-0.05, 0) is 42.3 Å². The summed E-state index contributed by atoms with van der Waals surface area (Å²) in [5.74, 6) is 0. The van der Waals surface area contributed by atoms with Crippen LogP contribution in [0.15, 0.2) is 49.1 Å². The number of nitrogens with zero attached hydrogens (tertiary/aromatic N) is 4. The van der Waals surface area contributed by atoms with Gasteiger partial charge in [0, 0.05) is 57.5 Å². The van der Waals surface area contributed by atoms with Gasteiger partial charge in [-0.1, -0.05) is 6.07 Å².